The molecule has 36 heavy (non-hydrogen) atoms. The first-order valence-electron chi connectivity index (χ1n) is 13.1. The molecule has 0 spiro atoms. The highest BCUT2D eigenvalue weighted by atomic mass is 32.3. The molecule has 4 aliphatic carbocycles. The lowest BCUT2D eigenvalue weighted by Gasteiger charge is -2.62. The smallest absolute Gasteiger partial charge is 0.397 e. The van der Waals surface area contributed by atoms with Gasteiger partial charge in [0.1, 0.15) is 0 Å². The summed E-state index contributed by atoms with van der Waals surface area (Å²) in [5, 5.41) is 9.19. The predicted molar refractivity (Wildman–Crippen MR) is 129 cm³/mol. The van der Waals surface area contributed by atoms with Gasteiger partial charge in [0, 0.05) is 11.8 Å². The molecule has 0 radical (unpaired) electrons. The van der Waals surface area contributed by atoms with Crippen molar-refractivity contribution in [3.8, 4) is 0 Å². The molecular formula is C24H40O10S2. The Morgan fingerprint density at radius 2 is 1.61 bits per heavy atom. The van der Waals surface area contributed by atoms with E-state index in [1.807, 2.05) is 6.92 Å². The summed E-state index contributed by atoms with van der Waals surface area (Å²) in [6, 6.07) is 0. The number of hydrogen-bond acceptors (Lipinski definition) is 7. The van der Waals surface area contributed by atoms with E-state index in [2.05, 4.69) is 13.8 Å². The molecule has 4 aliphatic rings. The Morgan fingerprint density at radius 1 is 0.944 bits per heavy atom. The summed E-state index contributed by atoms with van der Waals surface area (Å²) >= 11 is 0. The zero-order valence-corrected chi connectivity index (χ0v) is 22.8. The monoisotopic (exact) mass is 552 g/mol. The van der Waals surface area contributed by atoms with E-state index in [4.69, 9.17) is 12.9 Å². The molecular weight excluding hydrogens is 512 g/mol. The molecule has 0 aromatic heterocycles. The quantitative estimate of drug-likeness (QED) is 0.373. The van der Waals surface area contributed by atoms with Crippen molar-refractivity contribution in [3.63, 3.8) is 0 Å². The number of rotatable bonds is 8. The molecule has 12 heteroatoms. The van der Waals surface area contributed by atoms with Crippen LogP contribution in [0, 0.1) is 46.3 Å². The van der Waals surface area contributed by atoms with E-state index >= 15 is 0 Å². The molecule has 4 saturated carbocycles. The molecule has 208 valence electrons. The Morgan fingerprint density at radius 3 is 2.22 bits per heavy atom. The summed E-state index contributed by atoms with van der Waals surface area (Å²) in [6.45, 7) is 6.31. The van der Waals surface area contributed by atoms with Gasteiger partial charge in [0.05, 0.1) is 12.2 Å². The maximum atomic E-state index is 12.0. The Kier molecular flexibility index (Phi) is 7.64. The van der Waals surface area contributed by atoms with Crippen molar-refractivity contribution in [2.75, 3.05) is 0 Å². The van der Waals surface area contributed by atoms with Crippen molar-refractivity contribution >= 4 is 26.8 Å². The highest BCUT2D eigenvalue weighted by Gasteiger charge is 2.65. The summed E-state index contributed by atoms with van der Waals surface area (Å²) in [6.07, 6.45) is 5.02. The van der Waals surface area contributed by atoms with Crippen LogP contribution in [-0.4, -0.2) is 49.2 Å². The van der Waals surface area contributed by atoms with Crippen LogP contribution >= 0.6 is 0 Å². The van der Waals surface area contributed by atoms with E-state index < -0.39 is 44.4 Å². The number of hydrogen-bond donors (Lipinski definition) is 3. The SMILES string of the molecule is C[C@H](CCC(=O)O)[C@H]1CC[C@H]2C3CC[C@@H]4C[C@H](OS(=O)(=O)O)CC[C@]4(C)C3C[C@H](OS(=O)(=O)O)[C@]12C. The second-order valence-electron chi connectivity index (χ2n) is 12.3. The van der Waals surface area contributed by atoms with Crippen molar-refractivity contribution in [3.05, 3.63) is 0 Å². The van der Waals surface area contributed by atoms with Crippen molar-refractivity contribution in [1.29, 1.82) is 0 Å². The summed E-state index contributed by atoms with van der Waals surface area (Å²) in [4.78, 5) is 11.2. The van der Waals surface area contributed by atoms with Gasteiger partial charge < -0.3 is 5.11 Å². The molecule has 4 rings (SSSR count). The molecule has 0 aromatic rings. The number of carbonyl (C=O) groups is 1. The number of aliphatic carboxylic acids is 1. The van der Waals surface area contributed by atoms with E-state index in [9.17, 15) is 31.3 Å². The zero-order valence-electron chi connectivity index (χ0n) is 21.2. The average Bonchev–Trinajstić information content (AvgIpc) is 3.09. The fourth-order valence-corrected chi connectivity index (χ4v) is 10.3. The minimum absolute atomic E-state index is 0.0564. The van der Waals surface area contributed by atoms with E-state index in [-0.39, 0.29) is 41.4 Å². The van der Waals surface area contributed by atoms with Crippen molar-refractivity contribution in [1.82, 2.24) is 0 Å². The highest BCUT2D eigenvalue weighted by Crippen LogP contribution is 2.69. The lowest BCUT2D eigenvalue weighted by Crippen LogP contribution is -2.59. The van der Waals surface area contributed by atoms with Crippen LogP contribution in [0.4, 0.5) is 0 Å². The van der Waals surface area contributed by atoms with Gasteiger partial charge >= 0.3 is 26.8 Å². The topological polar surface area (TPSA) is 164 Å². The molecule has 2 unspecified atom stereocenters. The van der Waals surface area contributed by atoms with Crippen molar-refractivity contribution in [2.45, 2.75) is 97.2 Å². The molecule has 10 atom stereocenters. The van der Waals surface area contributed by atoms with Crippen LogP contribution in [0.3, 0.4) is 0 Å². The van der Waals surface area contributed by atoms with Crippen LogP contribution in [0.25, 0.3) is 0 Å². The van der Waals surface area contributed by atoms with Crippen molar-refractivity contribution < 1.29 is 44.2 Å². The first-order chi connectivity index (χ1) is 16.5. The molecule has 0 heterocycles. The van der Waals surface area contributed by atoms with Gasteiger partial charge in [-0.05, 0) is 98.7 Å². The van der Waals surface area contributed by atoms with Gasteiger partial charge in [-0.3, -0.25) is 13.9 Å². The molecule has 10 nitrogen and oxygen atoms in total. The molecule has 4 fully saturated rings. The third-order valence-electron chi connectivity index (χ3n) is 10.8. The zero-order chi connectivity index (χ0) is 26.7. The first kappa shape index (κ1) is 28.2. The first-order valence-corrected chi connectivity index (χ1v) is 15.8. The minimum atomic E-state index is -4.70. The van der Waals surface area contributed by atoms with Crippen LogP contribution in [0.1, 0.15) is 85.0 Å². The van der Waals surface area contributed by atoms with Crippen LogP contribution in [-0.2, 0) is 34.0 Å². The molecule has 0 aliphatic heterocycles. The third-order valence-corrected chi connectivity index (χ3v) is 11.7. The van der Waals surface area contributed by atoms with Gasteiger partial charge in [0.15, 0.2) is 0 Å². The van der Waals surface area contributed by atoms with Gasteiger partial charge in [0.25, 0.3) is 0 Å². The fraction of sp³-hybridized carbons (Fsp3) is 0.958. The predicted octanol–water partition coefficient (Wildman–Crippen LogP) is 4.13. The standard InChI is InChI=1S/C24H40O10S2/c1-14(4-9-22(25)26)18-7-8-19-17-6-5-15-12-16(33-35(27,28)29)10-11-23(15,2)20(17)13-21(24(18,19)3)34-36(30,31)32/h14-21H,4-13H2,1-3H3,(H,25,26)(H,27,28,29)(H,30,31,32)/t14-,15-,16-,17?,18-,19+,20?,21+,23+,24-/m1/s1. The normalized spacial score (nSPS) is 43.8. The maximum Gasteiger partial charge on any atom is 0.397 e. The van der Waals surface area contributed by atoms with Crippen LogP contribution in [0.15, 0.2) is 0 Å². The lowest BCUT2D eigenvalue weighted by molar-refractivity contribution is -0.167. The Hall–Kier alpha value is -0.790. The molecule has 0 amide bonds. The van der Waals surface area contributed by atoms with E-state index in [0.717, 1.165) is 25.7 Å². The van der Waals surface area contributed by atoms with Crippen LogP contribution in [0.5, 0.6) is 0 Å². The summed E-state index contributed by atoms with van der Waals surface area (Å²) in [5.41, 5.74) is -0.680. The third kappa shape index (κ3) is 5.36. The summed E-state index contributed by atoms with van der Waals surface area (Å²) in [7, 11) is -9.23. The minimum Gasteiger partial charge on any atom is -0.481 e. The summed E-state index contributed by atoms with van der Waals surface area (Å²) in [5.74, 6) is 0.135. The highest BCUT2D eigenvalue weighted by molar-refractivity contribution is 7.81. The van der Waals surface area contributed by atoms with Gasteiger partial charge in [-0.15, -0.1) is 0 Å². The molecule has 0 saturated heterocycles. The molecule has 0 bridgehead atoms. The molecule has 3 N–H and O–H groups in total. The lowest BCUT2D eigenvalue weighted by atomic mass is 9.43. The molecule has 0 aromatic carbocycles. The Balaban J connectivity index is 1.63. The number of carboxylic acid groups (broad SMARTS) is 1. The number of fused-ring (bicyclic) bond motifs is 5. The largest absolute Gasteiger partial charge is 0.481 e. The van der Waals surface area contributed by atoms with Gasteiger partial charge in [-0.25, -0.2) is 8.37 Å². The Bertz CT molecular complexity index is 1060. The Labute approximate surface area is 214 Å². The number of carboxylic acids is 1. The van der Waals surface area contributed by atoms with E-state index in [1.54, 1.807) is 0 Å². The fourth-order valence-electron chi connectivity index (χ4n) is 9.22. The van der Waals surface area contributed by atoms with Gasteiger partial charge in [0.2, 0.25) is 0 Å². The second-order valence-corrected chi connectivity index (χ2v) is 14.4. The maximum absolute atomic E-state index is 12.0. The van der Waals surface area contributed by atoms with Gasteiger partial charge in [-0.1, -0.05) is 20.8 Å². The van der Waals surface area contributed by atoms with Crippen LogP contribution < -0.4 is 0 Å². The van der Waals surface area contributed by atoms with Crippen LogP contribution in [0.2, 0.25) is 0 Å². The van der Waals surface area contributed by atoms with E-state index in [1.165, 1.54) is 0 Å². The second kappa shape index (κ2) is 9.75. The average molecular weight is 553 g/mol. The van der Waals surface area contributed by atoms with Crippen molar-refractivity contribution in [2.24, 2.45) is 46.3 Å². The van der Waals surface area contributed by atoms with E-state index in [0.29, 0.717) is 38.0 Å². The summed E-state index contributed by atoms with van der Waals surface area (Å²) < 4.78 is 75.7. The van der Waals surface area contributed by atoms with Gasteiger partial charge in [-0.2, -0.15) is 16.8 Å².